The van der Waals surface area contributed by atoms with Crippen LogP contribution < -0.4 is 5.32 Å². The third-order valence-corrected chi connectivity index (χ3v) is 5.57. The first kappa shape index (κ1) is 15.1. The highest BCUT2D eigenvalue weighted by atomic mass is 32.1. The maximum absolute atomic E-state index is 3.65. The van der Waals surface area contributed by atoms with Crippen molar-refractivity contribution in [1.82, 2.24) is 5.32 Å². The lowest BCUT2D eigenvalue weighted by Crippen LogP contribution is -2.31. The average molecular weight is 279 g/mol. The molecule has 1 fully saturated rings. The quantitative estimate of drug-likeness (QED) is 0.768. The van der Waals surface area contributed by atoms with Gasteiger partial charge in [0, 0.05) is 4.88 Å². The first-order valence-electron chi connectivity index (χ1n) is 7.79. The summed E-state index contributed by atoms with van der Waals surface area (Å²) >= 11 is 1.87. The topological polar surface area (TPSA) is 12.0 Å². The standard InChI is InChI=1S/C17H29NS/c1-17(2,3)15-8-6-14(7-9-15)13-18-11-10-16-5-4-12-19-16/h4-5,12,14-15,18H,6-11,13H2,1-3H3. The Morgan fingerprint density at radius 1 is 1.21 bits per heavy atom. The van der Waals surface area contributed by atoms with Crippen LogP contribution in [0.5, 0.6) is 0 Å². The van der Waals surface area contributed by atoms with Crippen molar-refractivity contribution in [3.05, 3.63) is 22.4 Å². The third-order valence-electron chi connectivity index (χ3n) is 4.63. The van der Waals surface area contributed by atoms with Crippen LogP contribution in [0.15, 0.2) is 17.5 Å². The van der Waals surface area contributed by atoms with E-state index < -0.39 is 0 Å². The minimum Gasteiger partial charge on any atom is -0.316 e. The molecule has 2 heteroatoms. The SMILES string of the molecule is CC(C)(C)C1CCC(CNCCc2cccs2)CC1. The average Bonchev–Trinajstić information content (AvgIpc) is 2.87. The Balaban J connectivity index is 1.58. The number of thiophene rings is 1. The summed E-state index contributed by atoms with van der Waals surface area (Å²) in [6.07, 6.45) is 6.90. The van der Waals surface area contributed by atoms with E-state index in [9.17, 15) is 0 Å². The van der Waals surface area contributed by atoms with Crippen molar-refractivity contribution in [2.45, 2.75) is 52.9 Å². The van der Waals surface area contributed by atoms with E-state index in [0.29, 0.717) is 5.41 Å². The summed E-state index contributed by atoms with van der Waals surface area (Å²) in [7, 11) is 0. The maximum Gasteiger partial charge on any atom is 0.00578 e. The van der Waals surface area contributed by atoms with Gasteiger partial charge in [-0.3, -0.25) is 0 Å². The Morgan fingerprint density at radius 3 is 2.53 bits per heavy atom. The molecule has 0 radical (unpaired) electrons. The van der Waals surface area contributed by atoms with Gasteiger partial charge in [0.2, 0.25) is 0 Å². The Hall–Kier alpha value is -0.340. The fourth-order valence-corrected chi connectivity index (χ4v) is 3.91. The predicted molar refractivity (Wildman–Crippen MR) is 85.8 cm³/mol. The molecule has 0 atom stereocenters. The minimum atomic E-state index is 0.511. The first-order chi connectivity index (χ1) is 9.05. The molecular weight excluding hydrogens is 250 g/mol. The van der Waals surface area contributed by atoms with Crippen LogP contribution in [0.1, 0.15) is 51.3 Å². The predicted octanol–water partition coefficient (Wildman–Crippen LogP) is 4.73. The van der Waals surface area contributed by atoms with Gasteiger partial charge in [-0.1, -0.05) is 26.8 Å². The van der Waals surface area contributed by atoms with E-state index in [-0.39, 0.29) is 0 Å². The van der Waals surface area contributed by atoms with Crippen LogP contribution in [0.3, 0.4) is 0 Å². The molecule has 1 N–H and O–H groups in total. The van der Waals surface area contributed by atoms with Crippen LogP contribution in [0.25, 0.3) is 0 Å². The normalized spacial score (nSPS) is 24.6. The molecule has 2 rings (SSSR count). The second-order valence-electron chi connectivity index (χ2n) is 7.12. The second kappa shape index (κ2) is 6.90. The van der Waals surface area contributed by atoms with E-state index in [2.05, 4.69) is 43.6 Å². The Kier molecular flexibility index (Phi) is 5.47. The molecule has 108 valence electrons. The van der Waals surface area contributed by atoms with Gasteiger partial charge in [-0.05, 0) is 73.9 Å². The number of hydrogen-bond acceptors (Lipinski definition) is 2. The fourth-order valence-electron chi connectivity index (χ4n) is 3.21. The van der Waals surface area contributed by atoms with Crippen molar-refractivity contribution in [3.63, 3.8) is 0 Å². The van der Waals surface area contributed by atoms with Gasteiger partial charge in [0.15, 0.2) is 0 Å². The van der Waals surface area contributed by atoms with Gasteiger partial charge in [-0.15, -0.1) is 11.3 Å². The van der Waals surface area contributed by atoms with Gasteiger partial charge in [0.25, 0.3) is 0 Å². The summed E-state index contributed by atoms with van der Waals surface area (Å²) < 4.78 is 0. The van der Waals surface area contributed by atoms with Crippen molar-refractivity contribution < 1.29 is 0 Å². The maximum atomic E-state index is 3.65. The second-order valence-corrected chi connectivity index (χ2v) is 8.15. The zero-order chi connectivity index (χ0) is 13.7. The highest BCUT2D eigenvalue weighted by Gasteiger charge is 2.29. The molecule has 0 bridgehead atoms. The van der Waals surface area contributed by atoms with Crippen molar-refractivity contribution in [2.75, 3.05) is 13.1 Å². The van der Waals surface area contributed by atoms with Crippen LogP contribution in [-0.4, -0.2) is 13.1 Å². The number of nitrogens with one attached hydrogen (secondary N) is 1. The van der Waals surface area contributed by atoms with E-state index >= 15 is 0 Å². The summed E-state index contributed by atoms with van der Waals surface area (Å²) in [4.78, 5) is 1.50. The fraction of sp³-hybridized carbons (Fsp3) is 0.765. The lowest BCUT2D eigenvalue weighted by molar-refractivity contribution is 0.149. The van der Waals surface area contributed by atoms with Gasteiger partial charge < -0.3 is 5.32 Å². The van der Waals surface area contributed by atoms with Crippen molar-refractivity contribution in [2.24, 2.45) is 17.3 Å². The molecule has 1 heterocycles. The summed E-state index contributed by atoms with van der Waals surface area (Å²) in [6, 6.07) is 4.38. The highest BCUT2D eigenvalue weighted by Crippen LogP contribution is 2.39. The molecule has 0 saturated heterocycles. The van der Waals surface area contributed by atoms with Crippen LogP contribution in [-0.2, 0) is 6.42 Å². The van der Waals surface area contributed by atoms with Crippen LogP contribution in [0.2, 0.25) is 0 Å². The first-order valence-corrected chi connectivity index (χ1v) is 8.67. The smallest absolute Gasteiger partial charge is 0.00578 e. The Morgan fingerprint density at radius 2 is 1.95 bits per heavy atom. The molecule has 0 amide bonds. The number of rotatable bonds is 5. The molecule has 19 heavy (non-hydrogen) atoms. The zero-order valence-electron chi connectivity index (χ0n) is 12.7. The molecule has 1 saturated carbocycles. The van der Waals surface area contributed by atoms with Crippen molar-refractivity contribution in [1.29, 1.82) is 0 Å². The van der Waals surface area contributed by atoms with E-state index in [4.69, 9.17) is 0 Å². The van der Waals surface area contributed by atoms with Crippen LogP contribution in [0.4, 0.5) is 0 Å². The van der Waals surface area contributed by atoms with E-state index in [1.54, 1.807) is 0 Å². The summed E-state index contributed by atoms with van der Waals surface area (Å²) in [5.41, 5.74) is 0.511. The molecule has 0 aromatic carbocycles. The lowest BCUT2D eigenvalue weighted by atomic mass is 9.70. The van der Waals surface area contributed by atoms with Crippen LogP contribution in [0, 0.1) is 17.3 Å². The molecular formula is C17H29NS. The zero-order valence-corrected chi connectivity index (χ0v) is 13.6. The molecule has 0 unspecified atom stereocenters. The van der Waals surface area contributed by atoms with Gasteiger partial charge in [-0.2, -0.15) is 0 Å². The van der Waals surface area contributed by atoms with E-state index in [0.717, 1.165) is 18.4 Å². The molecule has 1 aliphatic rings. The summed E-state index contributed by atoms with van der Waals surface area (Å²) in [5, 5.41) is 5.82. The van der Waals surface area contributed by atoms with Crippen LogP contribution >= 0.6 is 11.3 Å². The van der Waals surface area contributed by atoms with Gasteiger partial charge in [0.1, 0.15) is 0 Å². The Bertz CT molecular complexity index is 342. The minimum absolute atomic E-state index is 0.511. The monoisotopic (exact) mass is 279 g/mol. The van der Waals surface area contributed by atoms with Gasteiger partial charge in [-0.25, -0.2) is 0 Å². The molecule has 1 nitrogen and oxygen atoms in total. The van der Waals surface area contributed by atoms with Gasteiger partial charge >= 0.3 is 0 Å². The van der Waals surface area contributed by atoms with E-state index in [1.807, 2.05) is 11.3 Å². The van der Waals surface area contributed by atoms with E-state index in [1.165, 1.54) is 43.5 Å². The Labute approximate surface area is 122 Å². The summed E-state index contributed by atoms with van der Waals surface area (Å²) in [5.74, 6) is 1.86. The summed E-state index contributed by atoms with van der Waals surface area (Å²) in [6.45, 7) is 9.56. The van der Waals surface area contributed by atoms with Crippen molar-refractivity contribution >= 4 is 11.3 Å². The molecule has 1 aromatic heterocycles. The molecule has 0 aliphatic heterocycles. The van der Waals surface area contributed by atoms with Gasteiger partial charge in [0.05, 0.1) is 0 Å². The molecule has 1 aromatic rings. The molecule has 1 aliphatic carbocycles. The number of hydrogen-bond donors (Lipinski definition) is 1. The highest BCUT2D eigenvalue weighted by molar-refractivity contribution is 7.09. The molecule has 0 spiro atoms. The third kappa shape index (κ3) is 4.92. The largest absolute Gasteiger partial charge is 0.316 e. The lowest BCUT2D eigenvalue weighted by Gasteiger charge is -2.37. The van der Waals surface area contributed by atoms with Crippen molar-refractivity contribution in [3.8, 4) is 0 Å².